The molecule has 1 unspecified atom stereocenters. The average molecular weight is 590 g/mol. The highest BCUT2D eigenvalue weighted by molar-refractivity contribution is 7.89. The van der Waals surface area contributed by atoms with Crippen molar-refractivity contribution in [3.05, 3.63) is 70.7 Å². The molecule has 1 amide bonds. The van der Waals surface area contributed by atoms with E-state index in [9.17, 15) is 27.5 Å². The van der Waals surface area contributed by atoms with E-state index in [0.29, 0.717) is 47.1 Å². The fourth-order valence-electron chi connectivity index (χ4n) is 4.71. The summed E-state index contributed by atoms with van der Waals surface area (Å²) in [7, 11) is -3.46. The van der Waals surface area contributed by atoms with E-state index in [0.717, 1.165) is 12.3 Å². The van der Waals surface area contributed by atoms with E-state index in [1.165, 1.54) is 12.1 Å². The molecule has 1 aliphatic heterocycles. The van der Waals surface area contributed by atoms with E-state index in [2.05, 4.69) is 15.0 Å². The number of carbonyl (C=O) groups is 2. The molecule has 0 fully saturated rings. The number of benzene rings is 2. The first kappa shape index (κ1) is 30.5. The number of carboxylic acid groups (broad SMARTS) is 1. The number of halogens is 2. The Kier molecular flexibility index (Phi) is 9.16. The monoisotopic (exact) mass is 589 g/mol. The number of nitrogens with one attached hydrogen (secondary N) is 1. The number of carboxylic acids is 1. The van der Waals surface area contributed by atoms with Crippen LogP contribution in [0.3, 0.4) is 0 Å². The second-order valence-corrected chi connectivity index (χ2v) is 11.6. The zero-order valence-electron chi connectivity index (χ0n) is 21.8. The molecule has 10 nitrogen and oxygen atoms in total. The van der Waals surface area contributed by atoms with E-state index in [4.69, 9.17) is 11.5 Å². The summed E-state index contributed by atoms with van der Waals surface area (Å²) in [5, 5.41) is 10.5. The van der Waals surface area contributed by atoms with Crippen molar-refractivity contribution >= 4 is 56.7 Å². The molecule has 0 bridgehead atoms. The van der Waals surface area contributed by atoms with Gasteiger partial charge in [0.15, 0.2) is 15.8 Å². The number of rotatable bonds is 10. The maximum atomic E-state index is 14.8. The van der Waals surface area contributed by atoms with Crippen molar-refractivity contribution in [1.82, 2.24) is 4.98 Å². The van der Waals surface area contributed by atoms with Gasteiger partial charge in [-0.2, -0.15) is 0 Å². The fourth-order valence-corrected chi connectivity index (χ4v) is 5.51. The number of para-hydroxylation sites is 1. The number of nitrogens with zero attached hydrogens (tertiary/aromatic N) is 2. The Hall–Kier alpha value is -4.03. The van der Waals surface area contributed by atoms with Crippen LogP contribution in [-0.2, 0) is 20.4 Å². The Balaban J connectivity index is 0.00000441. The van der Waals surface area contributed by atoms with Gasteiger partial charge in [0.1, 0.15) is 11.5 Å². The SMILES string of the molecule is CC(C1=CC(CCCN=C(N)N)=NC1=O)c1cccc2c(-c3ccc(CS(C)(=O)=O)c(F)c3)c(C(=O)O)[nH]c12.Cl. The predicted octanol–water partition coefficient (Wildman–Crippen LogP) is 3.70. The van der Waals surface area contributed by atoms with Gasteiger partial charge in [0.2, 0.25) is 0 Å². The van der Waals surface area contributed by atoms with E-state index in [-0.39, 0.29) is 46.7 Å². The first-order valence-electron chi connectivity index (χ1n) is 12.1. The number of guanidine groups is 1. The van der Waals surface area contributed by atoms with Gasteiger partial charge in [-0.15, -0.1) is 12.4 Å². The second-order valence-electron chi connectivity index (χ2n) is 9.47. The van der Waals surface area contributed by atoms with Crippen LogP contribution in [-0.4, -0.2) is 54.9 Å². The van der Waals surface area contributed by atoms with Crippen molar-refractivity contribution in [1.29, 1.82) is 0 Å². The number of aromatic amines is 1. The van der Waals surface area contributed by atoms with Gasteiger partial charge in [0, 0.05) is 46.5 Å². The summed E-state index contributed by atoms with van der Waals surface area (Å²) in [6.07, 6.45) is 3.87. The number of H-pyrrole nitrogens is 1. The van der Waals surface area contributed by atoms with Gasteiger partial charge in [-0.25, -0.2) is 22.6 Å². The lowest BCUT2D eigenvalue weighted by Gasteiger charge is -2.13. The summed E-state index contributed by atoms with van der Waals surface area (Å²) in [6.45, 7) is 2.24. The molecule has 0 saturated heterocycles. The van der Waals surface area contributed by atoms with Crippen molar-refractivity contribution in [2.75, 3.05) is 12.8 Å². The molecule has 2 aromatic carbocycles. The highest BCUT2D eigenvalue weighted by atomic mass is 35.5. The van der Waals surface area contributed by atoms with Crippen LogP contribution in [0.25, 0.3) is 22.0 Å². The fraction of sp³-hybridized carbons (Fsp3) is 0.259. The Bertz CT molecular complexity index is 1690. The number of aromatic nitrogens is 1. The normalized spacial score (nSPS) is 13.9. The maximum absolute atomic E-state index is 14.8. The molecular weight excluding hydrogens is 561 g/mol. The summed E-state index contributed by atoms with van der Waals surface area (Å²) >= 11 is 0. The van der Waals surface area contributed by atoms with Gasteiger partial charge in [-0.3, -0.25) is 9.79 Å². The minimum absolute atomic E-state index is 0. The molecule has 0 saturated carbocycles. The number of sulfone groups is 1. The van der Waals surface area contributed by atoms with E-state index < -0.39 is 33.3 Å². The Morgan fingerprint density at radius 3 is 2.58 bits per heavy atom. The largest absolute Gasteiger partial charge is 0.477 e. The van der Waals surface area contributed by atoms with Gasteiger partial charge in [-0.1, -0.05) is 37.3 Å². The number of hydrogen-bond acceptors (Lipinski definition) is 5. The van der Waals surface area contributed by atoms with Crippen molar-refractivity contribution in [3.8, 4) is 11.1 Å². The van der Waals surface area contributed by atoms with Crippen LogP contribution in [0, 0.1) is 5.82 Å². The quantitative estimate of drug-likeness (QED) is 0.158. The van der Waals surface area contributed by atoms with Crippen molar-refractivity contribution in [2.24, 2.45) is 21.5 Å². The Morgan fingerprint density at radius 1 is 1.23 bits per heavy atom. The second kappa shape index (κ2) is 12.0. The summed E-state index contributed by atoms with van der Waals surface area (Å²) in [6, 6.07) is 9.22. The third-order valence-electron chi connectivity index (χ3n) is 6.47. The zero-order valence-corrected chi connectivity index (χ0v) is 23.4. The number of nitrogens with two attached hydrogens (primary N) is 2. The number of hydrogen-bond donors (Lipinski definition) is 4. The molecule has 0 spiro atoms. The third-order valence-corrected chi connectivity index (χ3v) is 7.31. The molecule has 3 aromatic rings. The minimum atomic E-state index is -3.46. The Morgan fingerprint density at radius 2 is 1.95 bits per heavy atom. The molecule has 4 rings (SSSR count). The first-order valence-corrected chi connectivity index (χ1v) is 14.1. The highest BCUT2D eigenvalue weighted by Gasteiger charge is 2.28. The molecule has 40 heavy (non-hydrogen) atoms. The van der Waals surface area contributed by atoms with Gasteiger partial charge >= 0.3 is 5.97 Å². The van der Waals surface area contributed by atoms with Crippen LogP contribution in [0.4, 0.5) is 4.39 Å². The third kappa shape index (κ3) is 6.57. The van der Waals surface area contributed by atoms with Gasteiger partial charge in [0.05, 0.1) is 11.3 Å². The Labute approximate surface area is 236 Å². The number of amides is 1. The number of aromatic carboxylic acids is 1. The highest BCUT2D eigenvalue weighted by Crippen LogP contribution is 2.39. The predicted molar refractivity (Wildman–Crippen MR) is 155 cm³/mol. The summed E-state index contributed by atoms with van der Waals surface area (Å²) in [4.78, 5) is 35.9. The zero-order chi connectivity index (χ0) is 28.5. The lowest BCUT2D eigenvalue weighted by atomic mass is 9.90. The van der Waals surface area contributed by atoms with E-state index >= 15 is 0 Å². The lowest BCUT2D eigenvalue weighted by Crippen LogP contribution is -2.23. The summed E-state index contributed by atoms with van der Waals surface area (Å²) in [5.74, 6) is -3.27. The first-order chi connectivity index (χ1) is 18.4. The molecule has 1 aliphatic rings. The number of aliphatic imine (C=N–C) groups is 2. The van der Waals surface area contributed by atoms with Gasteiger partial charge in [-0.05, 0) is 36.1 Å². The van der Waals surface area contributed by atoms with Crippen LogP contribution in [0.5, 0.6) is 0 Å². The smallest absolute Gasteiger partial charge is 0.352 e. The molecular formula is C27H29ClFN5O5S. The summed E-state index contributed by atoms with van der Waals surface area (Å²) in [5.41, 5.74) is 13.3. The molecule has 0 radical (unpaired) electrons. The molecule has 6 N–H and O–H groups in total. The van der Waals surface area contributed by atoms with Crippen molar-refractivity contribution in [3.63, 3.8) is 0 Å². The summed E-state index contributed by atoms with van der Waals surface area (Å²) < 4.78 is 38.1. The van der Waals surface area contributed by atoms with E-state index in [1.54, 1.807) is 24.3 Å². The molecule has 1 atom stereocenters. The van der Waals surface area contributed by atoms with Crippen molar-refractivity contribution in [2.45, 2.75) is 31.4 Å². The van der Waals surface area contributed by atoms with Gasteiger partial charge < -0.3 is 21.6 Å². The minimum Gasteiger partial charge on any atom is -0.477 e. The molecule has 212 valence electrons. The van der Waals surface area contributed by atoms with Gasteiger partial charge in [0.25, 0.3) is 5.91 Å². The molecule has 1 aromatic heterocycles. The van der Waals surface area contributed by atoms with E-state index in [1.807, 2.05) is 6.92 Å². The van der Waals surface area contributed by atoms with Crippen LogP contribution < -0.4 is 11.5 Å². The number of fused-ring (bicyclic) bond motifs is 1. The van der Waals surface area contributed by atoms with Crippen LogP contribution in [0.1, 0.15) is 47.3 Å². The van der Waals surface area contributed by atoms with Crippen LogP contribution in [0.2, 0.25) is 0 Å². The number of carbonyl (C=O) groups excluding carboxylic acids is 1. The average Bonchev–Trinajstić information content (AvgIpc) is 3.42. The standard InChI is InChI=1S/C27H28FN5O5S.ClH/c1-14(20-12-17(32-25(20)34)5-4-10-31-27(29)30)18-6-3-7-19-22(24(26(35)36)33-23(18)19)15-8-9-16(21(28)11-15)13-39(2,37)38;/h3,6-9,11-12,14,33H,4-5,10,13H2,1-2H3,(H,35,36)(H4,29,30,31);1H. The molecule has 2 heterocycles. The van der Waals surface area contributed by atoms with Crippen LogP contribution >= 0.6 is 12.4 Å². The van der Waals surface area contributed by atoms with Crippen LogP contribution in [0.15, 0.2) is 58.0 Å². The number of allylic oxidation sites excluding steroid dienone is 1. The molecule has 13 heteroatoms. The lowest BCUT2D eigenvalue weighted by molar-refractivity contribution is -0.114. The molecule has 0 aliphatic carbocycles. The van der Waals surface area contributed by atoms with Crippen molar-refractivity contribution < 1.29 is 27.5 Å². The topological polar surface area (TPSA) is 181 Å². The maximum Gasteiger partial charge on any atom is 0.352 e.